The number of hydrogen-bond donors (Lipinski definition) is 3. The molecule has 4 rings (SSSR count). The summed E-state index contributed by atoms with van der Waals surface area (Å²) in [6.07, 6.45) is 3.37. The van der Waals surface area contributed by atoms with Gasteiger partial charge in [-0.3, -0.25) is 9.59 Å². The standard InChI is InChI=1S/C22H31N5O5S/c1-26-12-14-27(15-13-26)21(30)25-22(10-6-3-7-11-22)20(29)23-17-18(28)24-19(17)33(31,32)16-8-4-2-5-9-16/h2,4-5,8-9,17,19H,3,6-7,10-15H2,1H3,(H,23,29)(H,24,28)(H,25,30). The normalized spacial score (nSPS) is 25.5. The molecular formula is C22H31N5O5S. The largest absolute Gasteiger partial charge is 0.340 e. The lowest BCUT2D eigenvalue weighted by molar-refractivity contribution is -0.137. The Kier molecular flexibility index (Phi) is 6.62. The summed E-state index contributed by atoms with van der Waals surface area (Å²) in [5.41, 5.74) is -1.16. The lowest BCUT2D eigenvalue weighted by Crippen LogP contribution is -2.74. The zero-order valence-electron chi connectivity index (χ0n) is 18.7. The molecule has 1 saturated carbocycles. The second-order valence-corrected chi connectivity index (χ2v) is 11.2. The Bertz CT molecular complexity index is 1000. The van der Waals surface area contributed by atoms with Gasteiger partial charge in [-0.15, -0.1) is 0 Å². The van der Waals surface area contributed by atoms with Gasteiger partial charge >= 0.3 is 6.03 Å². The number of nitrogens with zero attached hydrogens (tertiary/aromatic N) is 2. The van der Waals surface area contributed by atoms with Crippen molar-refractivity contribution in [2.45, 2.75) is 54.0 Å². The van der Waals surface area contributed by atoms with E-state index in [1.807, 2.05) is 7.05 Å². The summed E-state index contributed by atoms with van der Waals surface area (Å²) in [6.45, 7) is 2.66. The Labute approximate surface area is 194 Å². The van der Waals surface area contributed by atoms with Crippen molar-refractivity contribution >= 4 is 27.7 Å². The smallest absolute Gasteiger partial charge is 0.318 e. The maximum atomic E-state index is 13.4. The first-order valence-corrected chi connectivity index (χ1v) is 12.9. The molecule has 10 nitrogen and oxygen atoms in total. The molecule has 2 atom stereocenters. The van der Waals surface area contributed by atoms with E-state index in [-0.39, 0.29) is 10.9 Å². The van der Waals surface area contributed by atoms with Crippen LogP contribution in [0.3, 0.4) is 0 Å². The third kappa shape index (κ3) is 4.70. The highest BCUT2D eigenvalue weighted by Gasteiger charge is 2.52. The Morgan fingerprint density at radius 2 is 1.67 bits per heavy atom. The van der Waals surface area contributed by atoms with Crippen molar-refractivity contribution in [2.24, 2.45) is 0 Å². The molecule has 0 spiro atoms. The van der Waals surface area contributed by atoms with E-state index in [4.69, 9.17) is 0 Å². The molecule has 2 saturated heterocycles. The molecule has 0 aromatic heterocycles. The number of carbonyl (C=O) groups is 3. The number of rotatable bonds is 5. The monoisotopic (exact) mass is 477 g/mol. The fraction of sp³-hybridized carbons (Fsp3) is 0.591. The molecule has 2 aliphatic heterocycles. The number of piperazine rings is 1. The summed E-state index contributed by atoms with van der Waals surface area (Å²) in [5, 5.41) is 6.75. The first kappa shape index (κ1) is 23.5. The van der Waals surface area contributed by atoms with E-state index in [2.05, 4.69) is 20.9 Å². The second-order valence-electron chi connectivity index (χ2n) is 9.10. The maximum Gasteiger partial charge on any atom is 0.318 e. The average molecular weight is 478 g/mol. The third-order valence-corrected chi connectivity index (χ3v) is 8.83. The van der Waals surface area contributed by atoms with Crippen LogP contribution in [0.4, 0.5) is 4.79 Å². The summed E-state index contributed by atoms with van der Waals surface area (Å²) in [7, 11) is -1.88. The summed E-state index contributed by atoms with van der Waals surface area (Å²) in [5.74, 6) is -1.05. The van der Waals surface area contributed by atoms with Crippen molar-refractivity contribution in [3.63, 3.8) is 0 Å². The summed E-state index contributed by atoms with van der Waals surface area (Å²) in [6, 6.07) is 6.31. The molecule has 1 aromatic carbocycles. The molecule has 4 amide bonds. The fourth-order valence-corrected chi connectivity index (χ4v) is 6.30. The third-order valence-electron chi connectivity index (χ3n) is 6.84. The van der Waals surface area contributed by atoms with Gasteiger partial charge in [0.1, 0.15) is 11.6 Å². The van der Waals surface area contributed by atoms with Gasteiger partial charge in [-0.05, 0) is 32.0 Å². The van der Waals surface area contributed by atoms with Gasteiger partial charge < -0.3 is 25.8 Å². The first-order chi connectivity index (χ1) is 15.7. The molecule has 1 aromatic rings. The average Bonchev–Trinajstić information content (AvgIpc) is 2.82. The number of likely N-dealkylation sites (N-methyl/N-ethyl adjacent to an activating group) is 1. The van der Waals surface area contributed by atoms with E-state index in [9.17, 15) is 22.8 Å². The van der Waals surface area contributed by atoms with E-state index >= 15 is 0 Å². The molecule has 3 aliphatic rings. The van der Waals surface area contributed by atoms with Crippen LogP contribution in [0.5, 0.6) is 0 Å². The second kappa shape index (κ2) is 9.30. The van der Waals surface area contributed by atoms with Crippen LogP contribution in [0.2, 0.25) is 0 Å². The number of sulfone groups is 1. The molecule has 2 unspecified atom stereocenters. The highest BCUT2D eigenvalue weighted by molar-refractivity contribution is 7.92. The SMILES string of the molecule is CN1CCN(C(=O)NC2(C(=O)NC3C(=O)NC3S(=O)(=O)c3ccccc3)CCCCC2)CC1. The number of urea groups is 1. The van der Waals surface area contributed by atoms with Crippen LogP contribution < -0.4 is 16.0 Å². The molecule has 0 radical (unpaired) electrons. The topological polar surface area (TPSA) is 128 Å². The number of amides is 4. The van der Waals surface area contributed by atoms with Gasteiger partial charge in [-0.25, -0.2) is 13.2 Å². The van der Waals surface area contributed by atoms with Crippen LogP contribution >= 0.6 is 0 Å². The van der Waals surface area contributed by atoms with Crippen LogP contribution in [-0.4, -0.2) is 86.2 Å². The van der Waals surface area contributed by atoms with Gasteiger partial charge in [-0.2, -0.15) is 0 Å². The van der Waals surface area contributed by atoms with Crippen molar-refractivity contribution in [2.75, 3.05) is 33.2 Å². The van der Waals surface area contributed by atoms with Crippen molar-refractivity contribution in [1.82, 2.24) is 25.8 Å². The highest BCUT2D eigenvalue weighted by atomic mass is 32.2. The molecule has 3 fully saturated rings. The van der Waals surface area contributed by atoms with Crippen LogP contribution in [0.15, 0.2) is 35.2 Å². The lowest BCUT2D eigenvalue weighted by Gasteiger charge is -2.42. The van der Waals surface area contributed by atoms with Crippen LogP contribution in [0.25, 0.3) is 0 Å². The molecule has 33 heavy (non-hydrogen) atoms. The summed E-state index contributed by atoms with van der Waals surface area (Å²) in [4.78, 5) is 42.5. The summed E-state index contributed by atoms with van der Waals surface area (Å²) >= 11 is 0. The highest BCUT2D eigenvalue weighted by Crippen LogP contribution is 2.30. The van der Waals surface area contributed by atoms with Crippen molar-refractivity contribution in [3.8, 4) is 0 Å². The minimum atomic E-state index is -3.87. The van der Waals surface area contributed by atoms with Gasteiger partial charge in [0.25, 0.3) is 0 Å². The molecule has 1 aliphatic carbocycles. The molecule has 3 N–H and O–H groups in total. The molecule has 0 bridgehead atoms. The number of nitrogens with one attached hydrogen (secondary N) is 3. The molecule has 2 heterocycles. The predicted octanol–water partition coefficient (Wildman–Crippen LogP) is 0.0609. The van der Waals surface area contributed by atoms with Crippen LogP contribution in [0.1, 0.15) is 32.1 Å². The van der Waals surface area contributed by atoms with E-state index in [0.717, 1.165) is 32.4 Å². The zero-order chi connectivity index (χ0) is 23.6. The molecule has 180 valence electrons. The van der Waals surface area contributed by atoms with Crippen LogP contribution in [-0.2, 0) is 19.4 Å². The Hall–Kier alpha value is -2.66. The van der Waals surface area contributed by atoms with Gasteiger partial charge in [0, 0.05) is 26.2 Å². The Balaban J connectivity index is 1.49. The lowest BCUT2D eigenvalue weighted by atomic mass is 9.80. The minimum Gasteiger partial charge on any atom is -0.340 e. The Morgan fingerprint density at radius 1 is 1.03 bits per heavy atom. The van der Waals surface area contributed by atoms with Gasteiger partial charge in [0.05, 0.1) is 4.90 Å². The van der Waals surface area contributed by atoms with Gasteiger partial charge in [-0.1, -0.05) is 37.5 Å². The number of benzene rings is 1. The first-order valence-electron chi connectivity index (χ1n) is 11.4. The van der Waals surface area contributed by atoms with Gasteiger partial charge in [0.15, 0.2) is 5.37 Å². The fourth-order valence-electron chi connectivity index (χ4n) is 4.65. The quantitative estimate of drug-likeness (QED) is 0.515. The maximum absolute atomic E-state index is 13.4. The number of hydrogen-bond acceptors (Lipinski definition) is 6. The van der Waals surface area contributed by atoms with E-state index in [0.29, 0.717) is 25.9 Å². The number of carbonyl (C=O) groups excluding carboxylic acids is 3. The van der Waals surface area contributed by atoms with E-state index in [1.54, 1.807) is 23.1 Å². The molecular weight excluding hydrogens is 446 g/mol. The van der Waals surface area contributed by atoms with Crippen molar-refractivity contribution < 1.29 is 22.8 Å². The zero-order valence-corrected chi connectivity index (χ0v) is 19.6. The van der Waals surface area contributed by atoms with E-state index in [1.165, 1.54) is 12.1 Å². The predicted molar refractivity (Wildman–Crippen MR) is 121 cm³/mol. The number of β-lactam (4-membered cyclic amide) rings is 1. The summed E-state index contributed by atoms with van der Waals surface area (Å²) < 4.78 is 25.9. The minimum absolute atomic E-state index is 0.0741. The van der Waals surface area contributed by atoms with Crippen molar-refractivity contribution in [1.29, 1.82) is 0 Å². The van der Waals surface area contributed by atoms with Crippen molar-refractivity contribution in [3.05, 3.63) is 30.3 Å². The Morgan fingerprint density at radius 3 is 2.27 bits per heavy atom. The van der Waals surface area contributed by atoms with Gasteiger partial charge in [0.2, 0.25) is 21.7 Å². The van der Waals surface area contributed by atoms with E-state index < -0.39 is 38.6 Å². The molecule has 11 heteroatoms. The van der Waals surface area contributed by atoms with Crippen LogP contribution in [0, 0.1) is 0 Å².